The standard InChI is InChI=1S/C21H27N5O4S/c1-16-14-20(26(24-16)13-7-10-22)23-21(27)18-15-17(8-9-19(18)30-2)31(28,29)25-11-5-3-4-6-12-25/h8-9,14-15H,3-7,11-13H2,1-2H3,(H,23,27). The fourth-order valence-electron chi connectivity index (χ4n) is 3.61. The molecular formula is C21H27N5O4S. The lowest BCUT2D eigenvalue weighted by Crippen LogP contribution is -2.32. The van der Waals surface area contributed by atoms with Crippen LogP contribution in [0.25, 0.3) is 0 Å². The highest BCUT2D eigenvalue weighted by atomic mass is 32.2. The molecule has 166 valence electrons. The summed E-state index contributed by atoms with van der Waals surface area (Å²) in [5, 5.41) is 15.9. The van der Waals surface area contributed by atoms with E-state index in [0.29, 0.717) is 31.1 Å². The Bertz CT molecular complexity index is 1080. The van der Waals surface area contributed by atoms with Crippen molar-refractivity contribution in [3.8, 4) is 11.8 Å². The molecular weight excluding hydrogens is 418 g/mol. The first-order valence-electron chi connectivity index (χ1n) is 10.3. The zero-order valence-corrected chi connectivity index (χ0v) is 18.6. The number of benzene rings is 1. The maximum absolute atomic E-state index is 13.2. The molecule has 1 aromatic carbocycles. The van der Waals surface area contributed by atoms with E-state index in [1.807, 2.05) is 0 Å². The summed E-state index contributed by atoms with van der Waals surface area (Å²) in [5.74, 6) is 0.190. The van der Waals surface area contributed by atoms with Crippen molar-refractivity contribution in [3.63, 3.8) is 0 Å². The van der Waals surface area contributed by atoms with Gasteiger partial charge in [-0.25, -0.2) is 13.1 Å². The second-order valence-corrected chi connectivity index (χ2v) is 9.37. The molecule has 0 aliphatic carbocycles. The van der Waals surface area contributed by atoms with Crippen LogP contribution < -0.4 is 10.1 Å². The molecule has 1 saturated heterocycles. The number of aromatic nitrogens is 2. The highest BCUT2D eigenvalue weighted by molar-refractivity contribution is 7.89. The summed E-state index contributed by atoms with van der Waals surface area (Å²) in [4.78, 5) is 13.1. The molecule has 0 radical (unpaired) electrons. The van der Waals surface area contributed by atoms with Crippen LogP contribution in [0.3, 0.4) is 0 Å². The lowest BCUT2D eigenvalue weighted by Gasteiger charge is -2.20. The Kier molecular flexibility index (Phi) is 7.30. The van der Waals surface area contributed by atoms with Gasteiger partial charge in [0.1, 0.15) is 11.6 Å². The Hall–Kier alpha value is -2.90. The van der Waals surface area contributed by atoms with Crippen LogP contribution in [0.5, 0.6) is 5.75 Å². The summed E-state index contributed by atoms with van der Waals surface area (Å²) in [6.45, 7) is 3.08. The maximum atomic E-state index is 13.2. The van der Waals surface area contributed by atoms with E-state index < -0.39 is 15.9 Å². The van der Waals surface area contributed by atoms with E-state index in [0.717, 1.165) is 25.7 Å². The average molecular weight is 446 g/mol. The summed E-state index contributed by atoms with van der Waals surface area (Å²) in [7, 11) is -2.28. The minimum atomic E-state index is -3.71. The second kappa shape index (κ2) is 9.94. The fraction of sp³-hybridized carbons (Fsp3) is 0.476. The van der Waals surface area contributed by atoms with E-state index in [2.05, 4.69) is 16.5 Å². The number of carbonyl (C=O) groups is 1. The van der Waals surface area contributed by atoms with Gasteiger partial charge in [-0.1, -0.05) is 12.8 Å². The summed E-state index contributed by atoms with van der Waals surface area (Å²) in [6.07, 6.45) is 3.93. The summed E-state index contributed by atoms with van der Waals surface area (Å²) >= 11 is 0. The number of carbonyl (C=O) groups excluding carboxylic acids is 1. The number of methoxy groups -OCH3 is 1. The van der Waals surface area contributed by atoms with Gasteiger partial charge in [0, 0.05) is 19.2 Å². The Labute approximate surface area is 182 Å². The number of anilines is 1. The van der Waals surface area contributed by atoms with Gasteiger partial charge >= 0.3 is 0 Å². The van der Waals surface area contributed by atoms with E-state index in [-0.39, 0.29) is 22.6 Å². The van der Waals surface area contributed by atoms with Crippen LogP contribution in [0.1, 0.15) is 48.2 Å². The van der Waals surface area contributed by atoms with E-state index >= 15 is 0 Å². The number of sulfonamides is 1. The molecule has 1 aliphatic heterocycles. The number of nitrogens with one attached hydrogen (secondary N) is 1. The lowest BCUT2D eigenvalue weighted by molar-refractivity contribution is 0.102. The number of hydrogen-bond donors (Lipinski definition) is 1. The summed E-state index contributed by atoms with van der Waals surface area (Å²) in [5.41, 5.74) is 0.807. The third kappa shape index (κ3) is 5.24. The minimum absolute atomic E-state index is 0.0644. The highest BCUT2D eigenvalue weighted by Crippen LogP contribution is 2.27. The van der Waals surface area contributed by atoms with Gasteiger partial charge in [0.2, 0.25) is 10.0 Å². The molecule has 1 amide bonds. The highest BCUT2D eigenvalue weighted by Gasteiger charge is 2.27. The number of nitriles is 1. The van der Waals surface area contributed by atoms with Crippen molar-refractivity contribution in [2.24, 2.45) is 0 Å². The third-order valence-corrected chi connectivity index (χ3v) is 7.09. The molecule has 1 aliphatic rings. The number of hydrogen-bond acceptors (Lipinski definition) is 6. The lowest BCUT2D eigenvalue weighted by atomic mass is 10.2. The molecule has 0 saturated carbocycles. The van der Waals surface area contributed by atoms with Gasteiger partial charge in [0.25, 0.3) is 5.91 Å². The molecule has 0 bridgehead atoms. The number of aryl methyl sites for hydroxylation is 2. The molecule has 0 unspecified atom stereocenters. The van der Waals surface area contributed by atoms with Crippen LogP contribution in [0.15, 0.2) is 29.2 Å². The Morgan fingerprint density at radius 1 is 1.23 bits per heavy atom. The van der Waals surface area contributed by atoms with Crippen molar-refractivity contribution < 1.29 is 17.9 Å². The van der Waals surface area contributed by atoms with Crippen molar-refractivity contribution in [1.29, 1.82) is 5.26 Å². The summed E-state index contributed by atoms with van der Waals surface area (Å²) < 4.78 is 34.6. The van der Waals surface area contributed by atoms with Crippen molar-refractivity contribution in [1.82, 2.24) is 14.1 Å². The largest absolute Gasteiger partial charge is 0.496 e. The molecule has 0 spiro atoms. The fourth-order valence-corrected chi connectivity index (χ4v) is 5.16. The van der Waals surface area contributed by atoms with Gasteiger partial charge in [-0.2, -0.15) is 14.7 Å². The Morgan fingerprint density at radius 2 is 1.94 bits per heavy atom. The molecule has 31 heavy (non-hydrogen) atoms. The normalized spacial score (nSPS) is 15.1. The predicted molar refractivity (Wildman–Crippen MR) is 115 cm³/mol. The SMILES string of the molecule is COc1ccc(S(=O)(=O)N2CCCCCC2)cc1C(=O)Nc1cc(C)nn1CCC#N. The van der Waals surface area contributed by atoms with Crippen LogP contribution in [0.2, 0.25) is 0 Å². The summed E-state index contributed by atoms with van der Waals surface area (Å²) in [6, 6.07) is 8.07. The van der Waals surface area contributed by atoms with Crippen LogP contribution in [0.4, 0.5) is 5.82 Å². The van der Waals surface area contributed by atoms with E-state index in [4.69, 9.17) is 10.00 Å². The van der Waals surface area contributed by atoms with Gasteiger partial charge in [-0.3, -0.25) is 4.79 Å². The molecule has 9 nitrogen and oxygen atoms in total. The smallest absolute Gasteiger partial charge is 0.260 e. The van der Waals surface area contributed by atoms with Crippen molar-refractivity contribution in [2.45, 2.75) is 50.5 Å². The second-order valence-electron chi connectivity index (χ2n) is 7.44. The average Bonchev–Trinajstić information content (AvgIpc) is 2.95. The molecule has 0 atom stereocenters. The monoisotopic (exact) mass is 445 g/mol. The van der Waals surface area contributed by atoms with E-state index in [1.54, 1.807) is 17.7 Å². The van der Waals surface area contributed by atoms with Gasteiger partial charge in [-0.05, 0) is 38.0 Å². The van der Waals surface area contributed by atoms with Crippen molar-refractivity contribution >= 4 is 21.7 Å². The Balaban J connectivity index is 1.90. The first kappa shape index (κ1) is 22.8. The molecule has 10 heteroatoms. The maximum Gasteiger partial charge on any atom is 0.260 e. The zero-order valence-electron chi connectivity index (χ0n) is 17.8. The minimum Gasteiger partial charge on any atom is -0.496 e. The molecule has 1 aromatic heterocycles. The molecule has 1 fully saturated rings. The van der Waals surface area contributed by atoms with Crippen LogP contribution in [0, 0.1) is 18.3 Å². The van der Waals surface area contributed by atoms with Crippen molar-refractivity contribution in [3.05, 3.63) is 35.5 Å². The first-order valence-corrected chi connectivity index (χ1v) is 11.7. The quantitative estimate of drug-likeness (QED) is 0.700. The Morgan fingerprint density at radius 3 is 2.58 bits per heavy atom. The zero-order chi connectivity index (χ0) is 22.4. The number of nitrogens with zero attached hydrogens (tertiary/aromatic N) is 4. The van der Waals surface area contributed by atoms with Crippen molar-refractivity contribution in [2.75, 3.05) is 25.5 Å². The third-order valence-electron chi connectivity index (χ3n) is 5.20. The van der Waals surface area contributed by atoms with E-state index in [9.17, 15) is 13.2 Å². The topological polar surface area (TPSA) is 117 Å². The predicted octanol–water partition coefficient (Wildman–Crippen LogP) is 2.93. The number of amides is 1. The van der Waals surface area contributed by atoms with Crippen LogP contribution >= 0.6 is 0 Å². The van der Waals surface area contributed by atoms with Gasteiger partial charge in [-0.15, -0.1) is 0 Å². The molecule has 3 rings (SSSR count). The van der Waals surface area contributed by atoms with E-state index in [1.165, 1.54) is 29.6 Å². The first-order chi connectivity index (χ1) is 14.9. The van der Waals surface area contributed by atoms with Crippen LogP contribution in [-0.4, -0.2) is 48.6 Å². The van der Waals surface area contributed by atoms with Gasteiger partial charge in [0.15, 0.2) is 0 Å². The molecule has 1 N–H and O–H groups in total. The number of rotatable bonds is 7. The van der Waals surface area contributed by atoms with Gasteiger partial charge < -0.3 is 10.1 Å². The number of ether oxygens (including phenoxy) is 1. The van der Waals surface area contributed by atoms with Crippen LogP contribution in [-0.2, 0) is 16.6 Å². The van der Waals surface area contributed by atoms with Gasteiger partial charge in [0.05, 0.1) is 42.3 Å². The molecule has 2 aromatic rings. The molecule has 2 heterocycles.